The van der Waals surface area contributed by atoms with Gasteiger partial charge in [-0.15, -0.1) is 0 Å². The molecule has 39 valence electrons. The van der Waals surface area contributed by atoms with E-state index >= 15 is 0 Å². The van der Waals surface area contributed by atoms with Crippen LogP contribution in [0.2, 0.25) is 0 Å². The smallest absolute Gasteiger partial charge is 0.124 e. The van der Waals surface area contributed by atoms with Gasteiger partial charge in [0.05, 0.1) is 0 Å². The Morgan fingerprint density at radius 1 is 2.00 bits per heavy atom. The Hall–Kier alpha value is -0.380. The lowest BCUT2D eigenvalue weighted by molar-refractivity contribution is 0.484. The Labute approximate surface area is 47.9 Å². The topological polar surface area (TPSA) is 27.6 Å². The molecule has 3 nitrogen and oxygen atoms in total. The van der Waals surface area contributed by atoms with E-state index in [1.54, 1.807) is 10.6 Å². The molecule has 1 aliphatic rings. The van der Waals surface area contributed by atoms with Gasteiger partial charge in [0.15, 0.2) is 0 Å². The monoisotopic (exact) mass is 116 g/mol. The lowest BCUT2D eigenvalue weighted by Crippen LogP contribution is -2.26. The highest BCUT2D eigenvalue weighted by atomic mass is 32.1. The van der Waals surface area contributed by atoms with E-state index in [0.717, 1.165) is 0 Å². The average molecular weight is 116 g/mol. The highest BCUT2D eigenvalue weighted by Gasteiger charge is 2.09. The van der Waals surface area contributed by atoms with Crippen molar-refractivity contribution in [3.05, 3.63) is 0 Å². The van der Waals surface area contributed by atoms with Gasteiger partial charge >= 0.3 is 0 Å². The first-order valence-corrected chi connectivity index (χ1v) is 2.41. The van der Waals surface area contributed by atoms with E-state index < -0.39 is 0 Å². The lowest BCUT2D eigenvalue weighted by atomic mass is 10.6. The molecule has 4 heteroatoms. The highest BCUT2D eigenvalue weighted by molar-refractivity contribution is 7.78. The summed E-state index contributed by atoms with van der Waals surface area (Å²) in [5.41, 5.74) is 2.76. The molecule has 7 heavy (non-hydrogen) atoms. The van der Waals surface area contributed by atoms with Crippen molar-refractivity contribution in [2.45, 2.75) is 13.1 Å². The second kappa shape index (κ2) is 1.61. The standard InChI is InChI=1S/C3H6N3S/c1-3-5-4-2-6(3)7/h2-3,5H,1H3. The van der Waals surface area contributed by atoms with Crippen LogP contribution in [0.1, 0.15) is 6.92 Å². The Kier molecular flexibility index (Phi) is 1.10. The van der Waals surface area contributed by atoms with Crippen LogP contribution in [-0.4, -0.2) is 16.8 Å². The fourth-order valence-corrected chi connectivity index (χ4v) is 0.449. The molecule has 0 aromatic heterocycles. The van der Waals surface area contributed by atoms with E-state index in [0.29, 0.717) is 0 Å². The summed E-state index contributed by atoms with van der Waals surface area (Å²) in [6.07, 6.45) is 1.77. The number of hydrogen-bond donors (Lipinski definition) is 1. The third-order valence-corrected chi connectivity index (χ3v) is 1.23. The predicted octanol–water partition coefficient (Wildman–Crippen LogP) is 0.293. The predicted molar refractivity (Wildman–Crippen MR) is 30.5 cm³/mol. The van der Waals surface area contributed by atoms with Crippen LogP contribution in [0.5, 0.6) is 0 Å². The molecule has 1 atom stereocenters. The first kappa shape index (κ1) is 4.77. The summed E-state index contributed by atoms with van der Waals surface area (Å²) in [6.45, 7) is 1.94. The van der Waals surface area contributed by atoms with Gasteiger partial charge in [-0.3, -0.25) is 9.73 Å². The van der Waals surface area contributed by atoms with Gasteiger partial charge in [0.2, 0.25) is 0 Å². The molecule has 0 saturated heterocycles. The van der Waals surface area contributed by atoms with Gasteiger partial charge in [-0.25, -0.2) is 0 Å². The van der Waals surface area contributed by atoms with Gasteiger partial charge in [0, 0.05) is 12.8 Å². The number of nitrogens with one attached hydrogen (secondary N) is 1. The number of nitrogens with zero attached hydrogens (tertiary/aromatic N) is 2. The quantitative estimate of drug-likeness (QED) is 0.492. The zero-order valence-corrected chi connectivity index (χ0v) is 4.77. The van der Waals surface area contributed by atoms with Crippen molar-refractivity contribution in [1.82, 2.24) is 9.73 Å². The maximum absolute atomic E-state index is 4.75. The van der Waals surface area contributed by atoms with Crippen molar-refractivity contribution in [3.8, 4) is 0 Å². The van der Waals surface area contributed by atoms with Crippen LogP contribution in [0.3, 0.4) is 0 Å². The van der Waals surface area contributed by atoms with Crippen molar-refractivity contribution in [3.63, 3.8) is 0 Å². The first-order chi connectivity index (χ1) is 3.30. The Bertz CT molecular complexity index is 92.2. The zero-order valence-electron chi connectivity index (χ0n) is 3.96. The lowest BCUT2D eigenvalue weighted by Gasteiger charge is -2.08. The second-order valence-electron chi connectivity index (χ2n) is 1.41. The summed E-state index contributed by atoms with van der Waals surface area (Å²) in [6, 6.07) is 0. The molecule has 0 bridgehead atoms. The largest absolute Gasteiger partial charge is 0.286 e. The van der Waals surface area contributed by atoms with E-state index in [4.69, 9.17) is 12.8 Å². The van der Waals surface area contributed by atoms with E-state index in [-0.39, 0.29) is 6.17 Å². The van der Waals surface area contributed by atoms with Gasteiger partial charge in [-0.05, 0) is 6.92 Å². The van der Waals surface area contributed by atoms with E-state index in [9.17, 15) is 0 Å². The molecule has 1 unspecified atom stereocenters. The van der Waals surface area contributed by atoms with Crippen molar-refractivity contribution in [1.29, 1.82) is 0 Å². The molecule has 0 amide bonds. The van der Waals surface area contributed by atoms with Gasteiger partial charge in [-0.2, -0.15) is 5.10 Å². The SMILES string of the molecule is CC1NN=CN1[S]. The van der Waals surface area contributed by atoms with Crippen LogP contribution in [0.4, 0.5) is 0 Å². The Morgan fingerprint density at radius 3 is 2.86 bits per heavy atom. The van der Waals surface area contributed by atoms with Crippen molar-refractivity contribution < 1.29 is 0 Å². The van der Waals surface area contributed by atoms with Crippen LogP contribution in [0, 0.1) is 0 Å². The fraction of sp³-hybridized carbons (Fsp3) is 0.667. The molecule has 1 rings (SSSR count). The van der Waals surface area contributed by atoms with Gasteiger partial charge in [0.25, 0.3) is 0 Å². The van der Waals surface area contributed by atoms with Gasteiger partial charge in [-0.1, -0.05) is 0 Å². The number of hydrazone groups is 1. The Morgan fingerprint density at radius 2 is 2.71 bits per heavy atom. The fourth-order valence-electron chi connectivity index (χ4n) is 0.355. The van der Waals surface area contributed by atoms with E-state index in [1.165, 1.54) is 0 Å². The molecule has 0 saturated carbocycles. The normalized spacial score (nSPS) is 28.3. The molecule has 0 fully saturated rings. The summed E-state index contributed by atoms with van der Waals surface area (Å²) in [5, 5.41) is 3.69. The minimum Gasteiger partial charge on any atom is -0.286 e. The third-order valence-electron chi connectivity index (χ3n) is 0.815. The summed E-state index contributed by atoms with van der Waals surface area (Å²) >= 11 is 4.75. The van der Waals surface area contributed by atoms with Gasteiger partial charge < -0.3 is 0 Å². The molecule has 0 aromatic carbocycles. The molecule has 1 aliphatic heterocycles. The van der Waals surface area contributed by atoms with Gasteiger partial charge in [0.1, 0.15) is 12.5 Å². The highest BCUT2D eigenvalue weighted by Crippen LogP contribution is 1.99. The van der Waals surface area contributed by atoms with E-state index in [2.05, 4.69) is 10.5 Å². The second-order valence-corrected chi connectivity index (χ2v) is 1.83. The molecular formula is C3H6N3S. The number of rotatable bonds is 0. The molecule has 1 radical (unpaired) electrons. The summed E-state index contributed by atoms with van der Waals surface area (Å²) in [5.74, 6) is 0. The molecule has 1 heterocycles. The first-order valence-electron chi connectivity index (χ1n) is 2.05. The summed E-state index contributed by atoms with van der Waals surface area (Å²) in [7, 11) is 0. The van der Waals surface area contributed by atoms with Crippen molar-refractivity contribution in [2.24, 2.45) is 5.10 Å². The van der Waals surface area contributed by atoms with Crippen LogP contribution in [-0.2, 0) is 0 Å². The third kappa shape index (κ3) is 0.796. The van der Waals surface area contributed by atoms with Crippen LogP contribution < -0.4 is 5.43 Å². The molecular weight excluding hydrogens is 110 g/mol. The molecule has 0 aromatic rings. The maximum atomic E-state index is 4.75. The van der Waals surface area contributed by atoms with Crippen LogP contribution in [0.15, 0.2) is 5.10 Å². The van der Waals surface area contributed by atoms with Crippen LogP contribution in [0.25, 0.3) is 0 Å². The molecule has 0 aliphatic carbocycles. The zero-order chi connectivity index (χ0) is 5.28. The Balaban J connectivity index is 2.45. The summed E-state index contributed by atoms with van der Waals surface area (Å²) in [4.78, 5) is 0. The minimum atomic E-state index is 0.190. The minimum absolute atomic E-state index is 0.190. The molecule has 1 N–H and O–H groups in total. The van der Waals surface area contributed by atoms with Crippen LogP contribution >= 0.6 is 12.8 Å². The maximum Gasteiger partial charge on any atom is 0.124 e. The summed E-state index contributed by atoms with van der Waals surface area (Å²) < 4.78 is 1.58. The average Bonchev–Trinajstić information content (AvgIpc) is 1.91. The number of hydrogen-bond acceptors (Lipinski definition) is 3. The van der Waals surface area contributed by atoms with E-state index in [1.807, 2.05) is 6.92 Å². The van der Waals surface area contributed by atoms with Crippen molar-refractivity contribution in [2.75, 3.05) is 0 Å². The molecule has 0 spiro atoms. The van der Waals surface area contributed by atoms with Crippen molar-refractivity contribution >= 4 is 19.2 Å².